The van der Waals surface area contributed by atoms with Crippen LogP contribution in [0.3, 0.4) is 0 Å². The third-order valence-electron chi connectivity index (χ3n) is 7.28. The van der Waals surface area contributed by atoms with Gasteiger partial charge in [0, 0.05) is 23.4 Å². The van der Waals surface area contributed by atoms with E-state index in [0.29, 0.717) is 23.4 Å². The standard InChI is InChI=1S/C33H32N4O3/c1-22(34-2)31(38)36-30(24-15-7-4-8-16-24)33(40)37-28-20-12-9-17-25(28)21-29(37)32(39)35-27-19-11-10-18-26(27)23-13-5-3-6-14-23/h3-20,22,29-30,34H,21H2,1-2H3,(H,35,39)(H,36,38)/t22-,29?,30?/m0/s1. The smallest absolute Gasteiger partial charge is 0.254 e. The van der Waals surface area contributed by atoms with Crippen LogP contribution in [0.4, 0.5) is 11.4 Å². The number of rotatable bonds is 8. The number of hydrogen-bond donors (Lipinski definition) is 3. The number of carbonyl (C=O) groups excluding carboxylic acids is 3. The molecule has 1 aliphatic heterocycles. The fraction of sp³-hybridized carbons (Fsp3) is 0.182. The average Bonchev–Trinajstić information content (AvgIpc) is 3.40. The van der Waals surface area contributed by atoms with E-state index in [4.69, 9.17) is 0 Å². The lowest BCUT2D eigenvalue weighted by Gasteiger charge is -2.30. The van der Waals surface area contributed by atoms with Crippen molar-refractivity contribution in [1.82, 2.24) is 10.6 Å². The third-order valence-corrected chi connectivity index (χ3v) is 7.28. The third kappa shape index (κ3) is 5.51. The number of likely N-dealkylation sites (N-methyl/N-ethyl adjacent to an activating group) is 1. The van der Waals surface area contributed by atoms with E-state index in [1.165, 1.54) is 4.90 Å². The fourth-order valence-electron chi connectivity index (χ4n) is 5.02. The molecular formula is C33H32N4O3. The van der Waals surface area contributed by atoms with E-state index < -0.39 is 18.1 Å². The van der Waals surface area contributed by atoms with Crippen LogP contribution in [-0.4, -0.2) is 36.9 Å². The molecule has 0 fully saturated rings. The minimum Gasteiger partial charge on any atom is -0.339 e. The predicted octanol–water partition coefficient (Wildman–Crippen LogP) is 4.72. The molecule has 0 aliphatic carbocycles. The molecule has 0 spiro atoms. The van der Waals surface area contributed by atoms with Gasteiger partial charge in [-0.3, -0.25) is 19.3 Å². The molecule has 0 saturated carbocycles. The molecular weight excluding hydrogens is 500 g/mol. The maximum atomic E-state index is 14.3. The van der Waals surface area contributed by atoms with Gasteiger partial charge in [0.25, 0.3) is 5.91 Å². The van der Waals surface area contributed by atoms with Crippen molar-refractivity contribution in [2.75, 3.05) is 17.3 Å². The van der Waals surface area contributed by atoms with Crippen LogP contribution in [0.15, 0.2) is 109 Å². The van der Waals surface area contributed by atoms with Gasteiger partial charge in [0.1, 0.15) is 12.1 Å². The van der Waals surface area contributed by atoms with Gasteiger partial charge in [-0.15, -0.1) is 0 Å². The van der Waals surface area contributed by atoms with Crippen molar-refractivity contribution in [1.29, 1.82) is 0 Å². The van der Waals surface area contributed by atoms with Crippen molar-refractivity contribution in [2.45, 2.75) is 31.5 Å². The van der Waals surface area contributed by atoms with Gasteiger partial charge in [-0.05, 0) is 42.8 Å². The van der Waals surface area contributed by atoms with Crippen LogP contribution in [-0.2, 0) is 20.8 Å². The summed E-state index contributed by atoms with van der Waals surface area (Å²) in [7, 11) is 1.69. The molecule has 202 valence electrons. The lowest BCUT2D eigenvalue weighted by Crippen LogP contribution is -2.52. The van der Waals surface area contributed by atoms with Gasteiger partial charge in [-0.1, -0.05) is 97.1 Å². The van der Waals surface area contributed by atoms with Crippen LogP contribution in [0.2, 0.25) is 0 Å². The zero-order valence-electron chi connectivity index (χ0n) is 22.5. The van der Waals surface area contributed by atoms with Crippen LogP contribution >= 0.6 is 0 Å². The summed E-state index contributed by atoms with van der Waals surface area (Å²) < 4.78 is 0. The predicted molar refractivity (Wildman–Crippen MR) is 158 cm³/mol. The number of hydrogen-bond acceptors (Lipinski definition) is 4. The van der Waals surface area contributed by atoms with E-state index in [1.807, 2.05) is 97.1 Å². The van der Waals surface area contributed by atoms with Crippen molar-refractivity contribution >= 4 is 29.1 Å². The van der Waals surface area contributed by atoms with Gasteiger partial charge in [0.15, 0.2) is 0 Å². The molecule has 40 heavy (non-hydrogen) atoms. The fourth-order valence-corrected chi connectivity index (χ4v) is 5.02. The van der Waals surface area contributed by atoms with Crippen LogP contribution in [0, 0.1) is 0 Å². The lowest BCUT2D eigenvalue weighted by atomic mass is 10.0. The summed E-state index contributed by atoms with van der Waals surface area (Å²) in [5.41, 5.74) is 4.74. The first kappa shape index (κ1) is 26.8. The Kier molecular flexibility index (Phi) is 8.03. The van der Waals surface area contributed by atoms with Gasteiger partial charge >= 0.3 is 0 Å². The summed E-state index contributed by atoms with van der Waals surface area (Å²) in [6.07, 6.45) is 0.365. The van der Waals surface area contributed by atoms with Gasteiger partial charge in [0.2, 0.25) is 11.8 Å². The summed E-state index contributed by atoms with van der Waals surface area (Å²) in [5.74, 6) is -0.978. The van der Waals surface area contributed by atoms with Gasteiger partial charge in [0.05, 0.1) is 6.04 Å². The van der Waals surface area contributed by atoms with Gasteiger partial charge in [-0.2, -0.15) is 0 Å². The number of fused-ring (bicyclic) bond motifs is 1. The first-order valence-corrected chi connectivity index (χ1v) is 13.4. The molecule has 0 radical (unpaired) electrons. The Hall–Kier alpha value is -4.75. The summed E-state index contributed by atoms with van der Waals surface area (Å²) in [5, 5.41) is 8.91. The van der Waals surface area contributed by atoms with E-state index in [9.17, 15) is 14.4 Å². The Morgan fingerprint density at radius 1 is 0.800 bits per heavy atom. The average molecular weight is 533 g/mol. The van der Waals surface area contributed by atoms with Crippen LogP contribution in [0.1, 0.15) is 24.1 Å². The van der Waals surface area contributed by atoms with Gasteiger partial charge < -0.3 is 16.0 Å². The molecule has 2 unspecified atom stereocenters. The zero-order chi connectivity index (χ0) is 28.1. The second kappa shape index (κ2) is 12.0. The quantitative estimate of drug-likeness (QED) is 0.307. The number of carbonyl (C=O) groups is 3. The molecule has 0 aromatic heterocycles. The topological polar surface area (TPSA) is 90.5 Å². The monoisotopic (exact) mass is 532 g/mol. The Bertz CT molecular complexity index is 1510. The first-order chi connectivity index (χ1) is 19.5. The van der Waals surface area contributed by atoms with Crippen molar-refractivity contribution in [2.24, 2.45) is 0 Å². The Balaban J connectivity index is 1.49. The summed E-state index contributed by atoms with van der Waals surface area (Å²) in [4.78, 5) is 42.7. The molecule has 7 nitrogen and oxygen atoms in total. The number of anilines is 2. The van der Waals surface area contributed by atoms with Crippen molar-refractivity contribution < 1.29 is 14.4 Å². The minimum absolute atomic E-state index is 0.297. The number of amides is 3. The Morgan fingerprint density at radius 3 is 2.15 bits per heavy atom. The van der Waals surface area contributed by atoms with E-state index in [-0.39, 0.29) is 17.7 Å². The number of nitrogens with one attached hydrogen (secondary N) is 3. The highest BCUT2D eigenvalue weighted by atomic mass is 16.2. The molecule has 4 aromatic rings. The molecule has 1 aliphatic rings. The number of para-hydroxylation sites is 2. The molecule has 3 atom stereocenters. The Labute approximate surface area is 234 Å². The molecule has 3 amide bonds. The molecule has 3 N–H and O–H groups in total. The number of nitrogens with zero attached hydrogens (tertiary/aromatic N) is 1. The highest BCUT2D eigenvalue weighted by Gasteiger charge is 2.42. The second-order valence-corrected chi connectivity index (χ2v) is 9.82. The maximum absolute atomic E-state index is 14.3. The maximum Gasteiger partial charge on any atom is 0.254 e. The molecule has 1 heterocycles. The summed E-state index contributed by atoms with van der Waals surface area (Å²) in [6, 6.07) is 31.8. The van der Waals surface area contributed by atoms with Crippen molar-refractivity contribution in [3.8, 4) is 11.1 Å². The minimum atomic E-state index is -0.970. The summed E-state index contributed by atoms with van der Waals surface area (Å²) >= 11 is 0. The van der Waals surface area contributed by atoms with Crippen LogP contribution in [0.25, 0.3) is 11.1 Å². The lowest BCUT2D eigenvalue weighted by molar-refractivity contribution is -0.129. The molecule has 0 saturated heterocycles. The van der Waals surface area contributed by atoms with E-state index in [1.54, 1.807) is 26.1 Å². The van der Waals surface area contributed by atoms with Crippen LogP contribution in [0.5, 0.6) is 0 Å². The number of benzene rings is 4. The molecule has 7 heteroatoms. The molecule has 5 rings (SSSR count). The highest BCUT2D eigenvalue weighted by molar-refractivity contribution is 6.10. The van der Waals surface area contributed by atoms with Crippen LogP contribution < -0.4 is 20.9 Å². The first-order valence-electron chi connectivity index (χ1n) is 13.4. The van der Waals surface area contributed by atoms with E-state index in [0.717, 1.165) is 16.7 Å². The van der Waals surface area contributed by atoms with E-state index in [2.05, 4.69) is 16.0 Å². The largest absolute Gasteiger partial charge is 0.339 e. The molecule has 4 aromatic carbocycles. The van der Waals surface area contributed by atoms with Crippen molar-refractivity contribution in [3.63, 3.8) is 0 Å². The zero-order valence-corrected chi connectivity index (χ0v) is 22.5. The molecule has 0 bridgehead atoms. The highest BCUT2D eigenvalue weighted by Crippen LogP contribution is 2.36. The Morgan fingerprint density at radius 2 is 1.43 bits per heavy atom. The normalized spacial score (nSPS) is 15.6. The van der Waals surface area contributed by atoms with Crippen molar-refractivity contribution in [3.05, 3.63) is 120 Å². The van der Waals surface area contributed by atoms with E-state index >= 15 is 0 Å². The summed E-state index contributed by atoms with van der Waals surface area (Å²) in [6.45, 7) is 1.73. The SMILES string of the molecule is CN[C@@H](C)C(=O)NC(C(=O)N1c2ccccc2CC1C(=O)Nc1ccccc1-c1ccccc1)c1ccccc1. The second-order valence-electron chi connectivity index (χ2n) is 9.82. The van der Waals surface area contributed by atoms with Gasteiger partial charge in [-0.25, -0.2) is 0 Å².